The van der Waals surface area contributed by atoms with Crippen molar-refractivity contribution in [2.45, 2.75) is 6.10 Å². The number of carboxylic acid groups (broad SMARTS) is 1. The molecule has 23 heavy (non-hydrogen) atoms. The van der Waals surface area contributed by atoms with Crippen molar-refractivity contribution in [3.63, 3.8) is 0 Å². The Kier molecular flexibility index (Phi) is 3.92. The summed E-state index contributed by atoms with van der Waals surface area (Å²) < 4.78 is 19.4. The molecule has 0 bridgehead atoms. The molecule has 5 nitrogen and oxygen atoms in total. The van der Waals surface area contributed by atoms with Crippen molar-refractivity contribution in [1.82, 2.24) is 0 Å². The average Bonchev–Trinajstić information content (AvgIpc) is 2.53. The van der Waals surface area contributed by atoms with E-state index in [1.165, 1.54) is 17.0 Å². The van der Waals surface area contributed by atoms with E-state index < -0.39 is 23.8 Å². The van der Waals surface area contributed by atoms with E-state index in [2.05, 4.69) is 0 Å². The lowest BCUT2D eigenvalue weighted by molar-refractivity contribution is -0.144. The molecule has 1 aliphatic rings. The maximum absolute atomic E-state index is 14.0. The van der Waals surface area contributed by atoms with E-state index >= 15 is 0 Å². The Balaban J connectivity index is 2.07. The number of halogens is 2. The highest BCUT2D eigenvalue weighted by Gasteiger charge is 2.35. The summed E-state index contributed by atoms with van der Waals surface area (Å²) in [6.07, 6.45) is -1.24. The van der Waals surface area contributed by atoms with Crippen molar-refractivity contribution in [2.24, 2.45) is 0 Å². The number of rotatable bonds is 2. The van der Waals surface area contributed by atoms with Crippen molar-refractivity contribution < 1.29 is 23.8 Å². The normalized spacial score (nSPS) is 16.4. The van der Waals surface area contributed by atoms with Crippen molar-refractivity contribution in [3.8, 4) is 5.75 Å². The number of ether oxygens (including phenoxy) is 1. The molecule has 1 aliphatic heterocycles. The molecule has 3 rings (SSSR count). The van der Waals surface area contributed by atoms with Gasteiger partial charge < -0.3 is 14.7 Å². The Morgan fingerprint density at radius 3 is 2.65 bits per heavy atom. The van der Waals surface area contributed by atoms with Gasteiger partial charge in [0, 0.05) is 0 Å². The lowest BCUT2D eigenvalue weighted by Gasteiger charge is -2.33. The molecule has 1 atom stereocenters. The van der Waals surface area contributed by atoms with Crippen molar-refractivity contribution >= 4 is 29.2 Å². The molecule has 2 aromatic rings. The molecule has 1 N–H and O–H groups in total. The molecule has 0 saturated heterocycles. The number of aliphatic carboxylic acids is 1. The van der Waals surface area contributed by atoms with E-state index in [1.54, 1.807) is 24.3 Å². The summed E-state index contributed by atoms with van der Waals surface area (Å²) in [5.41, 5.74) is 0.0735. The fraction of sp³-hybridized carbons (Fsp3) is 0.125. The molecule has 0 saturated carbocycles. The molecule has 0 fully saturated rings. The number of hydrogen-bond acceptors (Lipinski definition) is 3. The third kappa shape index (κ3) is 2.73. The van der Waals surface area contributed by atoms with Gasteiger partial charge in [0.1, 0.15) is 11.6 Å². The number of benzene rings is 2. The highest BCUT2D eigenvalue weighted by atomic mass is 35.5. The van der Waals surface area contributed by atoms with Crippen LogP contribution < -0.4 is 9.64 Å². The number of anilines is 1. The summed E-state index contributed by atoms with van der Waals surface area (Å²) in [5.74, 6) is -2.45. The van der Waals surface area contributed by atoms with Crippen LogP contribution in [0.1, 0.15) is 10.4 Å². The van der Waals surface area contributed by atoms with Crippen LogP contribution in [-0.4, -0.2) is 29.6 Å². The third-order valence-corrected chi connectivity index (χ3v) is 3.79. The van der Waals surface area contributed by atoms with Gasteiger partial charge in [0.05, 0.1) is 22.8 Å². The minimum atomic E-state index is -1.24. The molecule has 7 heteroatoms. The van der Waals surface area contributed by atoms with Crippen LogP contribution in [0.5, 0.6) is 5.75 Å². The molecule has 0 aliphatic carbocycles. The van der Waals surface area contributed by atoms with Crippen molar-refractivity contribution in [1.29, 1.82) is 0 Å². The number of amides is 1. The van der Waals surface area contributed by atoms with Crippen LogP contribution in [0.4, 0.5) is 10.1 Å². The molecule has 2 aromatic carbocycles. The summed E-state index contributed by atoms with van der Waals surface area (Å²) >= 11 is 5.93. The number of carbonyl (C=O) groups is 2. The second-order valence-electron chi connectivity index (χ2n) is 4.92. The Labute approximate surface area is 135 Å². The SMILES string of the molecule is O=C(O)C1CN(C(=O)c2c(F)cccc2Cl)c2ccccc2O1. The van der Waals surface area contributed by atoms with Gasteiger partial charge in [0.2, 0.25) is 6.10 Å². The summed E-state index contributed by atoms with van der Waals surface area (Å²) in [7, 11) is 0. The standard InChI is InChI=1S/C16H11ClFNO4/c17-9-4-3-5-10(18)14(9)15(20)19-8-13(16(21)22)23-12-7-2-1-6-11(12)19/h1-7,13H,8H2,(H,21,22). The molecule has 0 radical (unpaired) electrons. The first-order valence-corrected chi connectivity index (χ1v) is 7.11. The predicted octanol–water partition coefficient (Wildman–Crippen LogP) is 2.97. The first-order chi connectivity index (χ1) is 11.0. The monoisotopic (exact) mass is 335 g/mol. The summed E-state index contributed by atoms with van der Waals surface area (Å²) in [4.78, 5) is 25.1. The summed E-state index contributed by atoms with van der Waals surface area (Å²) in [6, 6.07) is 10.4. The maximum Gasteiger partial charge on any atom is 0.346 e. The molecule has 0 aromatic heterocycles. The van der Waals surface area contributed by atoms with E-state index in [0.717, 1.165) is 6.07 Å². The van der Waals surface area contributed by atoms with Gasteiger partial charge in [-0.15, -0.1) is 0 Å². The minimum absolute atomic E-state index is 0.0363. The van der Waals surface area contributed by atoms with E-state index in [9.17, 15) is 19.1 Å². The first-order valence-electron chi connectivity index (χ1n) is 6.73. The zero-order valence-electron chi connectivity index (χ0n) is 11.7. The minimum Gasteiger partial charge on any atom is -0.478 e. The van der Waals surface area contributed by atoms with E-state index in [4.69, 9.17) is 16.3 Å². The quantitative estimate of drug-likeness (QED) is 0.916. The third-order valence-electron chi connectivity index (χ3n) is 3.47. The average molecular weight is 336 g/mol. The van der Waals surface area contributed by atoms with Gasteiger partial charge in [-0.1, -0.05) is 29.8 Å². The summed E-state index contributed by atoms with van der Waals surface area (Å²) in [5, 5.41) is 9.14. The van der Waals surface area contributed by atoms with Crippen LogP contribution in [0.15, 0.2) is 42.5 Å². The number of hydrogen-bond donors (Lipinski definition) is 1. The Morgan fingerprint density at radius 2 is 1.96 bits per heavy atom. The molecular formula is C16H11ClFNO4. The number of carbonyl (C=O) groups excluding carboxylic acids is 1. The largest absolute Gasteiger partial charge is 0.478 e. The van der Waals surface area contributed by atoms with Gasteiger partial charge >= 0.3 is 5.97 Å². The van der Waals surface area contributed by atoms with Gasteiger partial charge in [-0.3, -0.25) is 4.79 Å². The van der Waals surface area contributed by atoms with Gasteiger partial charge in [0.15, 0.2) is 0 Å². The fourth-order valence-electron chi connectivity index (χ4n) is 2.39. The zero-order chi connectivity index (χ0) is 16.6. The van der Waals surface area contributed by atoms with Crippen molar-refractivity contribution in [2.75, 3.05) is 11.4 Å². The van der Waals surface area contributed by atoms with E-state index in [0.29, 0.717) is 5.69 Å². The highest BCUT2D eigenvalue weighted by Crippen LogP contribution is 2.35. The zero-order valence-corrected chi connectivity index (χ0v) is 12.5. The Morgan fingerprint density at radius 1 is 1.22 bits per heavy atom. The van der Waals surface area contributed by atoms with E-state index in [1.807, 2.05) is 0 Å². The second kappa shape index (κ2) is 5.89. The lowest BCUT2D eigenvalue weighted by atomic mass is 10.1. The summed E-state index contributed by atoms with van der Waals surface area (Å²) in [6.45, 7) is -0.240. The van der Waals surface area contributed by atoms with Gasteiger partial charge in [0.25, 0.3) is 5.91 Å². The van der Waals surface area contributed by atoms with Gasteiger partial charge in [-0.25, -0.2) is 9.18 Å². The van der Waals surface area contributed by atoms with Crippen LogP contribution in [0.2, 0.25) is 5.02 Å². The number of para-hydroxylation sites is 2. The fourth-order valence-corrected chi connectivity index (χ4v) is 2.64. The van der Waals surface area contributed by atoms with E-state index in [-0.39, 0.29) is 22.9 Å². The Bertz CT molecular complexity index is 775. The maximum atomic E-state index is 14.0. The molecule has 0 spiro atoms. The van der Waals surface area contributed by atoms with Crippen LogP contribution in [0.3, 0.4) is 0 Å². The molecular weight excluding hydrogens is 325 g/mol. The highest BCUT2D eigenvalue weighted by molar-refractivity contribution is 6.34. The lowest BCUT2D eigenvalue weighted by Crippen LogP contribution is -2.47. The molecule has 1 amide bonds. The smallest absolute Gasteiger partial charge is 0.346 e. The second-order valence-corrected chi connectivity index (χ2v) is 5.33. The Hall–Kier alpha value is -2.60. The van der Waals surface area contributed by atoms with Crippen LogP contribution >= 0.6 is 11.6 Å². The van der Waals surface area contributed by atoms with Gasteiger partial charge in [-0.2, -0.15) is 0 Å². The van der Waals surface area contributed by atoms with Crippen LogP contribution in [-0.2, 0) is 4.79 Å². The topological polar surface area (TPSA) is 66.8 Å². The first kappa shape index (κ1) is 15.3. The molecule has 1 heterocycles. The van der Waals surface area contributed by atoms with Crippen LogP contribution in [0.25, 0.3) is 0 Å². The predicted molar refractivity (Wildman–Crippen MR) is 81.6 cm³/mol. The molecule has 118 valence electrons. The van der Waals surface area contributed by atoms with Gasteiger partial charge in [-0.05, 0) is 24.3 Å². The number of nitrogens with zero attached hydrogens (tertiary/aromatic N) is 1. The number of fused-ring (bicyclic) bond motifs is 1. The van der Waals surface area contributed by atoms with Crippen LogP contribution in [0, 0.1) is 5.82 Å². The number of carboxylic acids is 1. The molecule has 1 unspecified atom stereocenters. The van der Waals surface area contributed by atoms with Crippen molar-refractivity contribution in [3.05, 3.63) is 58.9 Å².